The molecule has 29 heavy (non-hydrogen) atoms. The fourth-order valence-electron chi connectivity index (χ4n) is 2.94. The van der Waals surface area contributed by atoms with E-state index in [9.17, 15) is 22.7 Å². The zero-order chi connectivity index (χ0) is 21.6. The number of carbonyl (C=O) groups excluding carboxylic acids is 1. The zero-order valence-electron chi connectivity index (χ0n) is 16.8. The van der Waals surface area contributed by atoms with Crippen LogP contribution >= 0.6 is 0 Å². The summed E-state index contributed by atoms with van der Waals surface area (Å²) in [4.78, 5) is 15.2. The van der Waals surface area contributed by atoms with E-state index < -0.39 is 21.4 Å². The predicted octanol–water partition coefficient (Wildman–Crippen LogP) is 4.18. The number of ether oxygens (including phenoxy) is 1. The molecule has 1 aromatic carbocycles. The molecule has 1 aliphatic rings. The van der Waals surface area contributed by atoms with E-state index in [1.807, 2.05) is 0 Å². The van der Waals surface area contributed by atoms with Crippen LogP contribution in [0.2, 0.25) is 0 Å². The van der Waals surface area contributed by atoms with Crippen LogP contribution in [0.1, 0.15) is 49.9 Å². The van der Waals surface area contributed by atoms with Crippen LogP contribution in [0, 0.1) is 11.7 Å². The Morgan fingerprint density at radius 3 is 2.48 bits per heavy atom. The number of hydrogen-bond acceptors (Lipinski definition) is 6. The van der Waals surface area contributed by atoms with Crippen LogP contribution < -0.4 is 4.74 Å². The lowest BCUT2D eigenvalue weighted by atomic mass is 9.88. The number of ketones is 1. The number of sulfone groups is 1. The minimum atomic E-state index is -3.38. The lowest BCUT2D eigenvalue weighted by molar-refractivity contribution is 0.0793. The molecule has 1 heterocycles. The van der Waals surface area contributed by atoms with Gasteiger partial charge in [0, 0.05) is 6.26 Å². The number of rotatable bonds is 4. The van der Waals surface area contributed by atoms with Gasteiger partial charge in [-0.05, 0) is 49.9 Å². The molecule has 0 radical (unpaired) electrons. The average molecular weight is 424 g/mol. The van der Waals surface area contributed by atoms with Gasteiger partial charge >= 0.3 is 0 Å². The zero-order valence-corrected chi connectivity index (χ0v) is 17.6. The molecule has 1 aromatic heterocycles. The number of aliphatic hydroxyl groups excluding tert-OH is 1. The number of hydrogen-bond donors (Lipinski definition) is 1. The maximum Gasteiger partial charge on any atom is 0.230 e. The summed E-state index contributed by atoms with van der Waals surface area (Å²) in [6, 6.07) is 6.77. The van der Waals surface area contributed by atoms with E-state index in [0.29, 0.717) is 5.92 Å². The second-order valence-corrected chi connectivity index (χ2v) is 9.26. The van der Waals surface area contributed by atoms with E-state index >= 15 is 0 Å². The highest BCUT2D eigenvalue weighted by Gasteiger charge is 2.17. The van der Waals surface area contributed by atoms with Gasteiger partial charge in [-0.2, -0.15) is 0 Å². The minimum Gasteiger partial charge on any atom is -0.438 e. The van der Waals surface area contributed by atoms with Crippen LogP contribution in [0.4, 0.5) is 4.39 Å². The third-order valence-electron chi connectivity index (χ3n) is 4.71. The molecule has 1 fully saturated rings. The molecule has 158 valence electrons. The van der Waals surface area contributed by atoms with Gasteiger partial charge < -0.3 is 9.84 Å². The third-order valence-corrected chi connectivity index (χ3v) is 5.82. The molecular formula is C21H26FNO5S. The first-order valence-electron chi connectivity index (χ1n) is 9.40. The Morgan fingerprint density at radius 1 is 1.24 bits per heavy atom. The summed E-state index contributed by atoms with van der Waals surface area (Å²) in [5, 5.41) is 9.18. The molecule has 6 nitrogen and oxygen atoms in total. The van der Waals surface area contributed by atoms with Gasteiger partial charge in [-0.15, -0.1) is 0 Å². The Bertz CT molecular complexity index is 951. The summed E-state index contributed by atoms with van der Waals surface area (Å²) < 4.78 is 41.5. The fraction of sp³-hybridized carbons (Fsp3) is 0.429. The van der Waals surface area contributed by atoms with Crippen molar-refractivity contribution in [2.75, 3.05) is 6.26 Å². The largest absolute Gasteiger partial charge is 0.438 e. The van der Waals surface area contributed by atoms with E-state index in [1.54, 1.807) is 0 Å². The van der Waals surface area contributed by atoms with Crippen LogP contribution in [0.25, 0.3) is 0 Å². The molecular weight excluding hydrogens is 397 g/mol. The van der Waals surface area contributed by atoms with Gasteiger partial charge in [0.1, 0.15) is 11.6 Å². The summed E-state index contributed by atoms with van der Waals surface area (Å²) in [7, 11) is -3.38. The Labute approximate surface area is 170 Å². The number of carbonyl (C=O) groups is 1. The van der Waals surface area contributed by atoms with Gasteiger partial charge in [0.2, 0.25) is 5.88 Å². The highest BCUT2D eigenvalue weighted by Crippen LogP contribution is 2.26. The summed E-state index contributed by atoms with van der Waals surface area (Å²) in [6.45, 7) is 3.39. The summed E-state index contributed by atoms with van der Waals surface area (Å²) in [6.07, 6.45) is 6.79. The summed E-state index contributed by atoms with van der Waals surface area (Å²) >= 11 is 0. The molecule has 0 spiro atoms. The first-order chi connectivity index (χ1) is 13.6. The fourth-order valence-corrected chi connectivity index (χ4v) is 3.59. The molecule has 0 saturated heterocycles. The van der Waals surface area contributed by atoms with Gasteiger partial charge in [0.15, 0.2) is 15.6 Å². The monoisotopic (exact) mass is 423 g/mol. The van der Waals surface area contributed by atoms with Crippen LogP contribution in [0.15, 0.2) is 41.4 Å². The number of pyridine rings is 1. The van der Waals surface area contributed by atoms with Crippen molar-refractivity contribution in [2.24, 2.45) is 5.92 Å². The molecule has 8 heteroatoms. The van der Waals surface area contributed by atoms with Gasteiger partial charge in [0.25, 0.3) is 0 Å². The number of aliphatic hydroxyl groups is 1. The predicted molar refractivity (Wildman–Crippen MR) is 107 cm³/mol. The van der Waals surface area contributed by atoms with Crippen LogP contribution in [0.3, 0.4) is 0 Å². The molecule has 2 atom stereocenters. The van der Waals surface area contributed by atoms with Gasteiger partial charge in [-0.25, -0.2) is 17.8 Å². The number of nitrogens with zero attached hydrogens (tertiary/aromatic N) is 1. The lowest BCUT2D eigenvalue weighted by Crippen LogP contribution is -2.21. The quantitative estimate of drug-likeness (QED) is 0.742. The third kappa shape index (κ3) is 6.90. The van der Waals surface area contributed by atoms with Crippen LogP contribution in [-0.2, 0) is 9.84 Å². The van der Waals surface area contributed by atoms with Crippen molar-refractivity contribution < 1.29 is 27.4 Å². The van der Waals surface area contributed by atoms with Crippen molar-refractivity contribution in [1.82, 2.24) is 4.98 Å². The molecule has 2 unspecified atom stereocenters. The maximum atomic E-state index is 13.1. The van der Waals surface area contributed by atoms with Gasteiger partial charge in [-0.3, -0.25) is 4.79 Å². The smallest absolute Gasteiger partial charge is 0.230 e. The summed E-state index contributed by atoms with van der Waals surface area (Å²) in [5.41, 5.74) is -0.0141. The molecule has 1 N–H and O–H groups in total. The summed E-state index contributed by atoms with van der Waals surface area (Å²) in [5.74, 6) is -0.383. The number of aromatic nitrogens is 1. The van der Waals surface area contributed by atoms with Gasteiger partial charge in [0.05, 0.1) is 22.8 Å². The molecule has 2 aromatic rings. The molecule has 0 aliphatic heterocycles. The van der Waals surface area contributed by atoms with Crippen molar-refractivity contribution in [3.05, 3.63) is 47.9 Å². The van der Waals surface area contributed by atoms with Crippen molar-refractivity contribution in [3.63, 3.8) is 0 Å². The molecule has 3 rings (SSSR count). The van der Waals surface area contributed by atoms with Gasteiger partial charge in [-0.1, -0.05) is 25.8 Å². The minimum absolute atomic E-state index is 0.00347. The van der Waals surface area contributed by atoms with E-state index in [2.05, 4.69) is 11.9 Å². The molecule has 1 saturated carbocycles. The Morgan fingerprint density at radius 2 is 1.93 bits per heavy atom. The molecule has 1 aliphatic carbocycles. The Balaban J connectivity index is 0.000000313. The standard InChI is InChI=1S/C14H12FNO4S.C7H14O/c1-9(17)13-6-10(15)8-16-14(13)20-11-4-3-5-12(7-11)21(2,18)19;1-6-4-2-3-5-7(6)8/h3-8H,1-2H3;6-8H,2-5H2,1H3. The van der Waals surface area contributed by atoms with Crippen molar-refractivity contribution in [2.45, 2.75) is 50.5 Å². The number of halogens is 1. The highest BCUT2D eigenvalue weighted by molar-refractivity contribution is 7.90. The molecule has 0 amide bonds. The van der Waals surface area contributed by atoms with E-state index in [0.717, 1.165) is 24.9 Å². The first kappa shape index (κ1) is 23.0. The van der Waals surface area contributed by atoms with Crippen molar-refractivity contribution >= 4 is 15.6 Å². The second kappa shape index (κ2) is 9.93. The van der Waals surface area contributed by atoms with Crippen molar-refractivity contribution in [1.29, 1.82) is 0 Å². The number of benzene rings is 1. The van der Waals surface area contributed by atoms with Crippen LogP contribution in [-0.4, -0.2) is 36.7 Å². The lowest BCUT2D eigenvalue weighted by Gasteiger charge is -2.23. The van der Waals surface area contributed by atoms with E-state index in [4.69, 9.17) is 4.74 Å². The maximum absolute atomic E-state index is 13.1. The Hall–Kier alpha value is -2.32. The van der Waals surface area contributed by atoms with Crippen LogP contribution in [0.5, 0.6) is 11.6 Å². The highest BCUT2D eigenvalue weighted by atomic mass is 32.2. The average Bonchev–Trinajstić information content (AvgIpc) is 2.65. The normalized spacial score (nSPS) is 19.1. The SMILES string of the molecule is CC(=O)c1cc(F)cnc1Oc1cccc(S(C)(=O)=O)c1.CC1CCCCC1O. The molecule has 0 bridgehead atoms. The van der Waals surface area contributed by atoms with Crippen molar-refractivity contribution in [3.8, 4) is 11.6 Å². The number of Topliss-reactive ketones (excluding diaryl/α,β-unsaturated/α-hetero) is 1. The Kier molecular flexibility index (Phi) is 7.87. The van der Waals surface area contributed by atoms with E-state index in [1.165, 1.54) is 50.5 Å². The topological polar surface area (TPSA) is 93.6 Å². The second-order valence-electron chi connectivity index (χ2n) is 7.24. The van der Waals surface area contributed by atoms with E-state index in [-0.39, 0.29) is 28.2 Å². The first-order valence-corrected chi connectivity index (χ1v) is 11.3.